The van der Waals surface area contributed by atoms with Crippen LogP contribution in [0.3, 0.4) is 0 Å². The predicted molar refractivity (Wildman–Crippen MR) is 69.9 cm³/mol. The molecule has 0 bridgehead atoms. The Labute approximate surface area is 115 Å². The SMILES string of the molecule is COc1ccc2c(c1OC)C(=O)[N+](=O)CN2CCC#N. The van der Waals surface area contributed by atoms with Crippen molar-refractivity contribution in [2.24, 2.45) is 0 Å². The van der Waals surface area contributed by atoms with Crippen LogP contribution in [0.15, 0.2) is 12.1 Å². The molecule has 0 spiro atoms. The first-order chi connectivity index (χ1) is 9.63. The highest BCUT2D eigenvalue weighted by Gasteiger charge is 2.40. The maximum atomic E-state index is 12.1. The fourth-order valence-corrected chi connectivity index (χ4v) is 2.18. The minimum Gasteiger partial charge on any atom is -0.493 e. The number of methoxy groups -OCH3 is 2. The Bertz CT molecular complexity index is 606. The van der Waals surface area contributed by atoms with Crippen molar-refractivity contribution in [3.63, 3.8) is 0 Å². The van der Waals surface area contributed by atoms with E-state index < -0.39 is 5.91 Å². The van der Waals surface area contributed by atoms with Gasteiger partial charge in [-0.3, -0.25) is 0 Å². The highest BCUT2D eigenvalue weighted by molar-refractivity contribution is 5.99. The van der Waals surface area contributed by atoms with Crippen molar-refractivity contribution >= 4 is 11.6 Å². The fraction of sp³-hybridized carbons (Fsp3) is 0.385. The van der Waals surface area contributed by atoms with Gasteiger partial charge in [0.2, 0.25) is 0 Å². The first-order valence-electron chi connectivity index (χ1n) is 6.00. The Morgan fingerprint density at radius 2 is 2.15 bits per heavy atom. The lowest BCUT2D eigenvalue weighted by atomic mass is 10.1. The number of nitriles is 1. The normalized spacial score (nSPS) is 13.8. The topological polar surface area (TPSA) is 82.6 Å². The standard InChI is InChI=1S/C13H14N3O4/c1-19-10-5-4-9-11(12(10)20-2)13(17)16(18)8-15(9)7-3-6-14/h4-5H,3,7-8H2,1-2H3/q+1. The number of carbonyl (C=O) groups excluding carboxylic acids is 1. The van der Waals surface area contributed by atoms with E-state index in [1.807, 2.05) is 6.07 Å². The highest BCUT2D eigenvalue weighted by Crippen LogP contribution is 2.39. The van der Waals surface area contributed by atoms with Gasteiger partial charge in [-0.25, -0.2) is 4.79 Å². The maximum Gasteiger partial charge on any atom is 0.473 e. The van der Waals surface area contributed by atoms with Crippen molar-refractivity contribution in [3.8, 4) is 17.6 Å². The number of hydrogen-bond acceptors (Lipinski definition) is 6. The Hall–Kier alpha value is -2.62. The highest BCUT2D eigenvalue weighted by atomic mass is 16.5. The molecule has 7 nitrogen and oxygen atoms in total. The van der Waals surface area contributed by atoms with Gasteiger partial charge in [-0.05, 0) is 12.1 Å². The Morgan fingerprint density at radius 1 is 1.40 bits per heavy atom. The van der Waals surface area contributed by atoms with Crippen LogP contribution in [0.2, 0.25) is 0 Å². The molecular formula is C13H14N3O4+. The van der Waals surface area contributed by atoms with Crippen molar-refractivity contribution in [3.05, 3.63) is 22.6 Å². The van der Waals surface area contributed by atoms with Gasteiger partial charge >= 0.3 is 5.91 Å². The molecule has 1 aliphatic heterocycles. The molecule has 1 heterocycles. The van der Waals surface area contributed by atoms with Crippen LogP contribution in [0.25, 0.3) is 0 Å². The van der Waals surface area contributed by atoms with Crippen LogP contribution in [0.5, 0.6) is 11.5 Å². The van der Waals surface area contributed by atoms with E-state index in [4.69, 9.17) is 14.7 Å². The molecule has 20 heavy (non-hydrogen) atoms. The molecule has 1 aliphatic rings. The molecular weight excluding hydrogens is 262 g/mol. The van der Waals surface area contributed by atoms with E-state index in [1.165, 1.54) is 14.2 Å². The third kappa shape index (κ3) is 2.16. The number of nitroso groups, excluding NO2 is 1. The summed E-state index contributed by atoms with van der Waals surface area (Å²) in [5.74, 6) is -0.0448. The van der Waals surface area contributed by atoms with Crippen LogP contribution in [0.4, 0.5) is 5.69 Å². The van der Waals surface area contributed by atoms with Crippen LogP contribution in [-0.4, -0.2) is 38.1 Å². The number of amides is 1. The summed E-state index contributed by atoms with van der Waals surface area (Å²) in [6.45, 7) is 0.272. The van der Waals surface area contributed by atoms with Gasteiger partial charge in [0.15, 0.2) is 17.1 Å². The van der Waals surface area contributed by atoms with Crippen LogP contribution >= 0.6 is 0 Å². The zero-order chi connectivity index (χ0) is 14.7. The van der Waals surface area contributed by atoms with Crippen molar-refractivity contribution in [1.29, 1.82) is 5.26 Å². The number of anilines is 1. The van der Waals surface area contributed by atoms with E-state index >= 15 is 0 Å². The Morgan fingerprint density at radius 3 is 2.75 bits per heavy atom. The van der Waals surface area contributed by atoms with Gasteiger partial charge in [-0.2, -0.15) is 5.26 Å². The van der Waals surface area contributed by atoms with E-state index in [0.29, 0.717) is 22.7 Å². The number of carbonyl (C=O) groups is 1. The largest absolute Gasteiger partial charge is 0.493 e. The minimum atomic E-state index is -0.663. The summed E-state index contributed by atoms with van der Waals surface area (Å²) in [7, 11) is 2.87. The summed E-state index contributed by atoms with van der Waals surface area (Å²) < 4.78 is 10.7. The summed E-state index contributed by atoms with van der Waals surface area (Å²) >= 11 is 0. The van der Waals surface area contributed by atoms with Crippen molar-refractivity contribution < 1.29 is 19.0 Å². The molecule has 0 aliphatic carbocycles. The Balaban J connectivity index is 2.57. The van der Waals surface area contributed by atoms with E-state index in [9.17, 15) is 9.70 Å². The zero-order valence-corrected chi connectivity index (χ0v) is 11.3. The van der Waals surface area contributed by atoms with Crippen molar-refractivity contribution in [2.45, 2.75) is 6.42 Å². The predicted octanol–water partition coefficient (Wildman–Crippen LogP) is 1.31. The third-order valence-electron chi connectivity index (χ3n) is 3.10. The Kier molecular flexibility index (Phi) is 3.84. The third-order valence-corrected chi connectivity index (χ3v) is 3.10. The lowest BCUT2D eigenvalue weighted by Gasteiger charge is -2.25. The van der Waals surface area contributed by atoms with Crippen LogP contribution in [0, 0.1) is 16.2 Å². The smallest absolute Gasteiger partial charge is 0.473 e. The lowest BCUT2D eigenvalue weighted by molar-refractivity contribution is -0.451. The fourth-order valence-electron chi connectivity index (χ4n) is 2.18. The molecule has 0 N–H and O–H groups in total. The summed E-state index contributed by atoms with van der Waals surface area (Å²) in [6, 6.07) is 5.38. The average molecular weight is 276 g/mol. The van der Waals surface area contributed by atoms with Gasteiger partial charge in [0.25, 0.3) is 6.67 Å². The van der Waals surface area contributed by atoms with E-state index in [0.717, 1.165) is 0 Å². The number of nitrogens with zero attached hydrogens (tertiary/aromatic N) is 3. The molecule has 104 valence electrons. The minimum absolute atomic E-state index is 0.0942. The molecule has 1 amide bonds. The molecule has 7 heteroatoms. The van der Waals surface area contributed by atoms with Crippen molar-refractivity contribution in [2.75, 3.05) is 32.3 Å². The summed E-state index contributed by atoms with van der Waals surface area (Å²) in [4.78, 5) is 25.5. The van der Waals surface area contributed by atoms with Gasteiger partial charge in [-0.15, -0.1) is 0 Å². The van der Waals surface area contributed by atoms with Crippen LogP contribution in [0.1, 0.15) is 16.8 Å². The average Bonchev–Trinajstić information content (AvgIpc) is 2.47. The lowest BCUT2D eigenvalue weighted by Crippen LogP contribution is -2.41. The number of rotatable bonds is 4. The van der Waals surface area contributed by atoms with Gasteiger partial charge in [0.05, 0.1) is 37.2 Å². The second kappa shape index (κ2) is 5.57. The molecule has 0 fully saturated rings. The molecule has 0 atom stereocenters. The summed E-state index contributed by atoms with van der Waals surface area (Å²) in [5.41, 5.74) is 0.751. The molecule has 0 radical (unpaired) electrons. The first-order valence-corrected chi connectivity index (χ1v) is 6.00. The first kappa shape index (κ1) is 13.8. The second-order valence-electron chi connectivity index (χ2n) is 4.19. The summed E-state index contributed by atoms with van der Waals surface area (Å²) in [6.07, 6.45) is 0.260. The monoisotopic (exact) mass is 276 g/mol. The number of benzene rings is 1. The molecule has 1 aromatic rings. The number of fused-ring (bicyclic) bond motifs is 1. The van der Waals surface area contributed by atoms with Gasteiger partial charge in [0, 0.05) is 11.5 Å². The second-order valence-corrected chi connectivity index (χ2v) is 4.19. The molecule has 0 saturated heterocycles. The van der Waals surface area contributed by atoms with Gasteiger partial charge in [-0.1, -0.05) is 0 Å². The molecule has 1 aromatic carbocycles. The zero-order valence-electron chi connectivity index (χ0n) is 11.3. The van der Waals surface area contributed by atoms with E-state index in [-0.39, 0.29) is 24.4 Å². The summed E-state index contributed by atoms with van der Waals surface area (Å²) in [5, 5.41) is 8.67. The quantitative estimate of drug-likeness (QED) is 0.771. The maximum absolute atomic E-state index is 12.1. The number of hydrogen-bond donors (Lipinski definition) is 0. The van der Waals surface area contributed by atoms with E-state index in [1.54, 1.807) is 17.0 Å². The van der Waals surface area contributed by atoms with Gasteiger partial charge in [0.1, 0.15) is 0 Å². The molecule has 2 rings (SSSR count). The molecule has 0 aromatic heterocycles. The van der Waals surface area contributed by atoms with E-state index in [2.05, 4.69) is 0 Å². The molecule has 0 saturated carbocycles. The van der Waals surface area contributed by atoms with Gasteiger partial charge < -0.3 is 14.4 Å². The van der Waals surface area contributed by atoms with Crippen molar-refractivity contribution in [1.82, 2.24) is 0 Å². The van der Waals surface area contributed by atoms with Crippen LogP contribution in [-0.2, 0) is 0 Å². The molecule has 0 unspecified atom stereocenters. The van der Waals surface area contributed by atoms with Crippen LogP contribution < -0.4 is 14.4 Å². The number of ether oxygens (including phenoxy) is 2.